The number of benzene rings is 4. The predicted molar refractivity (Wildman–Crippen MR) is 244 cm³/mol. The number of carbonyl (C=O) groups is 2. The summed E-state index contributed by atoms with van der Waals surface area (Å²) in [6, 6.07) is 23.8. The van der Waals surface area contributed by atoms with Crippen molar-refractivity contribution in [3.05, 3.63) is 117 Å². The maximum Gasteiger partial charge on any atom is 0.323 e. The van der Waals surface area contributed by atoms with Gasteiger partial charge in [-0.3, -0.25) is 9.59 Å². The van der Waals surface area contributed by atoms with Crippen LogP contribution in [0.5, 0.6) is 23.0 Å². The van der Waals surface area contributed by atoms with E-state index < -0.39 is 46.1 Å². The molecule has 10 nitrogen and oxygen atoms in total. The molecule has 4 aromatic rings. The third-order valence-electron chi connectivity index (χ3n) is 11.4. The molecule has 4 atom stereocenters. The molecule has 2 aliphatic rings. The molecule has 6 rings (SSSR count). The molecule has 3 N–H and O–H groups in total. The highest BCUT2D eigenvalue weighted by atomic mass is 31.1. The lowest BCUT2D eigenvalue weighted by atomic mass is 9.81. The van der Waals surface area contributed by atoms with Crippen LogP contribution >= 0.6 is 18.5 Å². The Morgan fingerprint density at radius 2 is 0.885 bits per heavy atom. The zero-order valence-electron chi connectivity index (χ0n) is 37.7. The predicted octanol–water partition coefficient (Wildman–Crippen LogP) is 9.70. The van der Waals surface area contributed by atoms with Crippen LogP contribution in [0.3, 0.4) is 0 Å². The van der Waals surface area contributed by atoms with E-state index >= 15 is 0 Å². The zero-order chi connectivity index (χ0) is 45.3. The summed E-state index contributed by atoms with van der Waals surface area (Å²) in [6.45, 7) is 24.3. The van der Waals surface area contributed by atoms with Crippen LogP contribution in [0.15, 0.2) is 72.8 Å². The van der Waals surface area contributed by atoms with Crippen molar-refractivity contribution in [2.45, 2.75) is 117 Å². The first-order valence-corrected chi connectivity index (χ1v) is 21.9. The van der Waals surface area contributed by atoms with E-state index in [1.54, 1.807) is 0 Å². The minimum atomic E-state index is -1.15. The lowest BCUT2D eigenvalue weighted by Gasteiger charge is -2.27. The number of rotatable bonds is 11. The first-order valence-electron chi connectivity index (χ1n) is 20.6. The minimum Gasteiger partial charge on any atom is -0.480 e. The van der Waals surface area contributed by atoms with Gasteiger partial charge in [-0.25, -0.2) is 0 Å². The lowest BCUT2D eigenvalue weighted by Crippen LogP contribution is -2.38. The number of esters is 2. The molecular formula is C49H64O10P2. The highest BCUT2D eigenvalue weighted by molar-refractivity contribution is 7.26. The van der Waals surface area contributed by atoms with Crippen LogP contribution in [-0.2, 0) is 35.8 Å². The Balaban J connectivity index is 0.000000241. The monoisotopic (exact) mass is 874 g/mol. The molecular weight excluding hydrogens is 810 g/mol. The van der Waals surface area contributed by atoms with Crippen LogP contribution in [0.1, 0.15) is 139 Å². The molecule has 0 radical (unpaired) electrons. The summed E-state index contributed by atoms with van der Waals surface area (Å²) < 4.78 is 28.2. The van der Waals surface area contributed by atoms with E-state index in [9.17, 15) is 24.9 Å². The van der Waals surface area contributed by atoms with Crippen LogP contribution in [0.25, 0.3) is 0 Å². The van der Waals surface area contributed by atoms with Crippen LogP contribution in [0.4, 0.5) is 0 Å². The standard InChI is InChI=1S/C27H37O7P.C22H27O3P/c1-25(2,3)17-7-9-21-19(11-17)23(24(31)33-21)20-12-18(26(4,5)6)8-10-22(20)34-35-32-16-27(13-28,14-29)15-30;1-21(2,3)13-7-9-17-15(11-13)19(20(23)24-17)16-12-14(22(4,5)6)8-10-18(16)25-26/h7-12,23,28-30,35H,13-16H2,1-6H3;7-12,19H,26H2,1-6H3. The summed E-state index contributed by atoms with van der Waals surface area (Å²) in [4.78, 5) is 25.8. The molecule has 2 heterocycles. The average Bonchev–Trinajstić information content (AvgIpc) is 3.70. The van der Waals surface area contributed by atoms with Crippen molar-refractivity contribution < 1.29 is 48.0 Å². The Kier molecular flexibility index (Phi) is 14.6. The molecule has 330 valence electrons. The number of aliphatic hydroxyl groups is 3. The Morgan fingerprint density at radius 3 is 1.25 bits per heavy atom. The van der Waals surface area contributed by atoms with E-state index in [1.807, 2.05) is 54.6 Å². The van der Waals surface area contributed by atoms with Crippen molar-refractivity contribution in [2.75, 3.05) is 26.4 Å². The largest absolute Gasteiger partial charge is 0.480 e. The van der Waals surface area contributed by atoms with Gasteiger partial charge in [0.05, 0.1) is 41.3 Å². The second-order valence-electron chi connectivity index (χ2n) is 20.3. The Hall–Kier alpha value is -3.88. The van der Waals surface area contributed by atoms with Gasteiger partial charge in [0, 0.05) is 22.3 Å². The summed E-state index contributed by atoms with van der Waals surface area (Å²) >= 11 is 0. The molecule has 0 fully saturated rings. The second-order valence-corrected chi connectivity index (χ2v) is 21.2. The Bertz CT molecular complexity index is 2210. The van der Waals surface area contributed by atoms with Gasteiger partial charge in [0.25, 0.3) is 0 Å². The van der Waals surface area contributed by atoms with E-state index in [1.165, 1.54) is 5.56 Å². The molecule has 0 saturated heterocycles. The number of hydrogen-bond donors (Lipinski definition) is 3. The van der Waals surface area contributed by atoms with Crippen LogP contribution in [-0.4, -0.2) is 53.7 Å². The van der Waals surface area contributed by atoms with Crippen LogP contribution in [0.2, 0.25) is 0 Å². The van der Waals surface area contributed by atoms with Gasteiger partial charge in [0.1, 0.15) is 34.8 Å². The van der Waals surface area contributed by atoms with Crippen molar-refractivity contribution in [2.24, 2.45) is 5.41 Å². The van der Waals surface area contributed by atoms with Gasteiger partial charge in [-0.2, -0.15) is 0 Å². The van der Waals surface area contributed by atoms with E-state index in [0.717, 1.165) is 33.4 Å². The molecule has 2 aliphatic heterocycles. The third kappa shape index (κ3) is 10.8. The number of fused-ring (bicyclic) bond motifs is 2. The first kappa shape index (κ1) is 48.2. The number of ether oxygens (including phenoxy) is 2. The fourth-order valence-corrected chi connectivity index (χ4v) is 7.98. The SMILES string of the molecule is CC(C)(C)c1ccc(OP)c(C2C(=O)Oc3ccc(C(C)(C)C)cc32)c1.CC(C)(C)c1ccc(OPOCC(CO)(CO)CO)c(C2C(=O)Oc3ccc(C(C)(C)C)cc32)c1. The third-order valence-corrected chi connectivity index (χ3v) is 12.2. The maximum absolute atomic E-state index is 13.1. The first-order chi connectivity index (χ1) is 28.4. The van der Waals surface area contributed by atoms with E-state index in [0.29, 0.717) is 28.6 Å². The quantitative estimate of drug-likeness (QED) is 0.0578. The molecule has 4 unspecified atom stereocenters. The molecule has 0 aromatic heterocycles. The smallest absolute Gasteiger partial charge is 0.323 e. The van der Waals surface area contributed by atoms with Gasteiger partial charge in [-0.1, -0.05) is 132 Å². The summed E-state index contributed by atoms with van der Waals surface area (Å²) in [6.07, 6.45) is 0. The molecule has 0 spiro atoms. The fraction of sp³-hybridized carbons (Fsp3) is 0.469. The topological polar surface area (TPSA) is 141 Å². The van der Waals surface area contributed by atoms with Crippen LogP contribution < -0.4 is 18.5 Å². The average molecular weight is 875 g/mol. The number of hydrogen-bond acceptors (Lipinski definition) is 10. The molecule has 0 aliphatic carbocycles. The van der Waals surface area contributed by atoms with Gasteiger partial charge >= 0.3 is 11.9 Å². The molecule has 61 heavy (non-hydrogen) atoms. The van der Waals surface area contributed by atoms with Crippen molar-refractivity contribution in [1.29, 1.82) is 0 Å². The Labute approximate surface area is 365 Å². The van der Waals surface area contributed by atoms with Crippen LogP contribution in [0, 0.1) is 5.41 Å². The van der Waals surface area contributed by atoms with Gasteiger partial charge in [-0.05, 0) is 68.2 Å². The Morgan fingerprint density at radius 1 is 0.541 bits per heavy atom. The maximum atomic E-state index is 13.1. The highest BCUT2D eigenvalue weighted by Gasteiger charge is 2.40. The summed E-state index contributed by atoms with van der Waals surface area (Å²) in [7, 11) is 1.82. The number of aliphatic hydroxyl groups excluding tert-OH is 3. The van der Waals surface area contributed by atoms with E-state index in [2.05, 4.69) is 111 Å². The van der Waals surface area contributed by atoms with Crippen molar-refractivity contribution >= 4 is 30.4 Å². The van der Waals surface area contributed by atoms with Crippen molar-refractivity contribution in [3.8, 4) is 23.0 Å². The molecule has 0 amide bonds. The molecule has 0 saturated carbocycles. The van der Waals surface area contributed by atoms with Crippen molar-refractivity contribution in [3.63, 3.8) is 0 Å². The second kappa shape index (κ2) is 18.5. The van der Waals surface area contributed by atoms with Gasteiger partial charge in [-0.15, -0.1) is 0 Å². The summed E-state index contributed by atoms with van der Waals surface area (Å²) in [5.41, 5.74) is 6.36. The highest BCUT2D eigenvalue weighted by Crippen LogP contribution is 2.47. The molecule has 0 bridgehead atoms. The summed E-state index contributed by atoms with van der Waals surface area (Å²) in [5, 5.41) is 28.5. The lowest BCUT2D eigenvalue weighted by molar-refractivity contribution is -0.134. The van der Waals surface area contributed by atoms with E-state index in [-0.39, 0.29) is 40.2 Å². The van der Waals surface area contributed by atoms with Gasteiger partial charge in [0.2, 0.25) is 9.03 Å². The zero-order valence-corrected chi connectivity index (χ0v) is 39.8. The van der Waals surface area contributed by atoms with Gasteiger partial charge < -0.3 is 38.4 Å². The fourth-order valence-electron chi connectivity index (χ4n) is 7.07. The summed E-state index contributed by atoms with van der Waals surface area (Å²) in [5.74, 6) is 0.660. The molecule has 12 heteroatoms. The normalized spacial score (nSPS) is 16.8. The van der Waals surface area contributed by atoms with Gasteiger partial charge in [0.15, 0.2) is 0 Å². The number of carbonyl (C=O) groups excluding carboxylic acids is 2. The molecule has 4 aromatic carbocycles. The minimum absolute atomic E-state index is 0.00157. The van der Waals surface area contributed by atoms with E-state index in [4.69, 9.17) is 23.0 Å². The van der Waals surface area contributed by atoms with Crippen molar-refractivity contribution in [1.82, 2.24) is 0 Å².